The van der Waals surface area contributed by atoms with Crippen LogP contribution in [0.4, 0.5) is 0 Å². The van der Waals surface area contributed by atoms with E-state index in [-0.39, 0.29) is 0 Å². The molecule has 2 aromatic carbocycles. The van der Waals surface area contributed by atoms with Crippen molar-refractivity contribution in [3.63, 3.8) is 0 Å². The Kier molecular flexibility index (Phi) is 6.44. The van der Waals surface area contributed by atoms with E-state index in [1.807, 2.05) is 49.4 Å². The number of aromatic nitrogens is 3. The minimum Gasteiger partial charge on any atom is -0.493 e. The lowest BCUT2D eigenvalue weighted by molar-refractivity contribution is 0.317. The van der Waals surface area contributed by atoms with Gasteiger partial charge in [0.25, 0.3) is 0 Å². The van der Waals surface area contributed by atoms with Crippen molar-refractivity contribution in [3.05, 3.63) is 71.5 Å². The van der Waals surface area contributed by atoms with Gasteiger partial charge >= 0.3 is 0 Å². The zero-order chi connectivity index (χ0) is 18.2. The van der Waals surface area contributed by atoms with Gasteiger partial charge in [-0.2, -0.15) is 9.78 Å². The first-order chi connectivity index (χ1) is 12.8. The van der Waals surface area contributed by atoms with Crippen LogP contribution < -0.4 is 4.74 Å². The number of hydrogen-bond acceptors (Lipinski definition) is 5. The molecule has 134 valence electrons. The standard InChI is InChI=1S/C20H22N4OS/c1-3-13-25-19-12-8-7-11-18(19)14-21-24-16(2)22-23-20(24)26-15-17-9-5-4-6-10-17/h4-12,14H,3,13,15H2,1-2H3/b21-14+. The second-order valence-electron chi connectivity index (χ2n) is 5.75. The van der Waals surface area contributed by atoms with E-state index in [9.17, 15) is 0 Å². The molecule has 0 bridgehead atoms. The molecule has 0 aliphatic heterocycles. The molecule has 0 saturated heterocycles. The predicted octanol–water partition coefficient (Wildman–Crippen LogP) is 4.55. The number of thioether (sulfide) groups is 1. The lowest BCUT2D eigenvalue weighted by Gasteiger charge is -2.07. The molecule has 6 heteroatoms. The Morgan fingerprint density at radius 1 is 1.08 bits per heavy atom. The Hall–Kier alpha value is -2.60. The van der Waals surface area contributed by atoms with Crippen LogP contribution in [0.5, 0.6) is 5.75 Å². The summed E-state index contributed by atoms with van der Waals surface area (Å²) in [6, 6.07) is 18.2. The van der Waals surface area contributed by atoms with Crippen molar-refractivity contribution in [1.29, 1.82) is 0 Å². The fourth-order valence-electron chi connectivity index (χ4n) is 2.33. The third-order valence-electron chi connectivity index (χ3n) is 3.67. The van der Waals surface area contributed by atoms with Gasteiger partial charge in [0.05, 0.1) is 12.8 Å². The summed E-state index contributed by atoms with van der Waals surface area (Å²) in [6.07, 6.45) is 2.77. The van der Waals surface area contributed by atoms with Gasteiger partial charge in [-0.15, -0.1) is 10.2 Å². The highest BCUT2D eigenvalue weighted by atomic mass is 32.2. The third kappa shape index (κ3) is 4.73. The molecule has 0 radical (unpaired) electrons. The normalized spacial score (nSPS) is 11.2. The van der Waals surface area contributed by atoms with E-state index < -0.39 is 0 Å². The number of ether oxygens (including phenoxy) is 1. The Balaban J connectivity index is 1.76. The molecule has 0 unspecified atom stereocenters. The first-order valence-electron chi connectivity index (χ1n) is 8.63. The van der Waals surface area contributed by atoms with Gasteiger partial charge in [-0.1, -0.05) is 61.2 Å². The second kappa shape index (κ2) is 9.20. The van der Waals surface area contributed by atoms with E-state index in [0.29, 0.717) is 6.61 Å². The van der Waals surface area contributed by atoms with Crippen LogP contribution in [0.3, 0.4) is 0 Å². The van der Waals surface area contributed by atoms with Crippen LogP contribution in [0.25, 0.3) is 0 Å². The summed E-state index contributed by atoms with van der Waals surface area (Å²) >= 11 is 1.62. The van der Waals surface area contributed by atoms with Crippen molar-refractivity contribution >= 4 is 18.0 Å². The topological polar surface area (TPSA) is 52.3 Å². The molecule has 0 aliphatic carbocycles. The lowest BCUT2D eigenvalue weighted by atomic mass is 10.2. The third-order valence-corrected chi connectivity index (χ3v) is 4.66. The highest BCUT2D eigenvalue weighted by Gasteiger charge is 2.09. The first-order valence-corrected chi connectivity index (χ1v) is 9.61. The van der Waals surface area contributed by atoms with Crippen molar-refractivity contribution < 1.29 is 4.74 Å². The maximum absolute atomic E-state index is 5.79. The molecule has 26 heavy (non-hydrogen) atoms. The Labute approximate surface area is 158 Å². The van der Waals surface area contributed by atoms with Gasteiger partial charge in [0.1, 0.15) is 5.75 Å². The van der Waals surface area contributed by atoms with Crippen molar-refractivity contribution in [2.24, 2.45) is 5.10 Å². The summed E-state index contributed by atoms with van der Waals surface area (Å²) in [5.41, 5.74) is 2.18. The van der Waals surface area contributed by atoms with Crippen molar-refractivity contribution in [2.75, 3.05) is 6.61 Å². The fraction of sp³-hybridized carbons (Fsp3) is 0.250. The summed E-state index contributed by atoms with van der Waals surface area (Å²) in [5.74, 6) is 2.41. The largest absolute Gasteiger partial charge is 0.493 e. The number of hydrogen-bond donors (Lipinski definition) is 0. The molecule has 0 atom stereocenters. The Morgan fingerprint density at radius 3 is 2.65 bits per heavy atom. The highest BCUT2D eigenvalue weighted by Crippen LogP contribution is 2.22. The molecule has 0 amide bonds. The van der Waals surface area contributed by atoms with Gasteiger partial charge < -0.3 is 4.74 Å². The molecule has 0 N–H and O–H groups in total. The summed E-state index contributed by atoms with van der Waals surface area (Å²) in [4.78, 5) is 0. The van der Waals surface area contributed by atoms with Gasteiger partial charge in [0, 0.05) is 11.3 Å². The molecule has 5 nitrogen and oxygen atoms in total. The molecular weight excluding hydrogens is 344 g/mol. The summed E-state index contributed by atoms with van der Waals surface area (Å²) < 4.78 is 7.55. The molecule has 3 aromatic rings. The molecule has 0 saturated carbocycles. The predicted molar refractivity (Wildman–Crippen MR) is 106 cm³/mol. The second-order valence-corrected chi connectivity index (χ2v) is 6.69. The monoisotopic (exact) mass is 366 g/mol. The zero-order valence-electron chi connectivity index (χ0n) is 15.0. The maximum atomic E-state index is 5.79. The molecule has 3 rings (SSSR count). The quantitative estimate of drug-likeness (QED) is 0.433. The van der Waals surface area contributed by atoms with E-state index in [1.54, 1.807) is 22.7 Å². The highest BCUT2D eigenvalue weighted by molar-refractivity contribution is 7.98. The van der Waals surface area contributed by atoms with Crippen molar-refractivity contribution in [1.82, 2.24) is 14.9 Å². The Morgan fingerprint density at radius 2 is 1.85 bits per heavy atom. The molecule has 0 spiro atoms. The van der Waals surface area contributed by atoms with Gasteiger partial charge in [0.15, 0.2) is 5.82 Å². The van der Waals surface area contributed by atoms with Crippen molar-refractivity contribution in [2.45, 2.75) is 31.2 Å². The molecule has 1 aromatic heterocycles. The lowest BCUT2D eigenvalue weighted by Crippen LogP contribution is -2.00. The number of benzene rings is 2. The van der Waals surface area contributed by atoms with Gasteiger partial charge in [-0.25, -0.2) is 0 Å². The van der Waals surface area contributed by atoms with Crippen molar-refractivity contribution in [3.8, 4) is 5.75 Å². The number of nitrogens with zero attached hydrogens (tertiary/aromatic N) is 4. The zero-order valence-corrected chi connectivity index (χ0v) is 15.8. The average molecular weight is 366 g/mol. The van der Waals surface area contributed by atoms with Crippen LogP contribution in [0.1, 0.15) is 30.3 Å². The van der Waals surface area contributed by atoms with E-state index >= 15 is 0 Å². The smallest absolute Gasteiger partial charge is 0.212 e. The summed E-state index contributed by atoms with van der Waals surface area (Å²) in [7, 11) is 0. The van der Waals surface area contributed by atoms with Crippen LogP contribution in [0, 0.1) is 6.92 Å². The van der Waals surface area contributed by atoms with Crippen LogP contribution in [-0.4, -0.2) is 27.7 Å². The molecule has 0 fully saturated rings. The number of para-hydroxylation sites is 1. The Bertz CT molecular complexity index is 861. The average Bonchev–Trinajstić information content (AvgIpc) is 3.04. The number of rotatable bonds is 8. The number of aryl methyl sites for hydroxylation is 1. The van der Waals surface area contributed by atoms with Crippen LogP contribution in [-0.2, 0) is 5.75 Å². The summed E-state index contributed by atoms with van der Waals surface area (Å²) in [5, 5.41) is 13.8. The maximum Gasteiger partial charge on any atom is 0.212 e. The van der Waals surface area contributed by atoms with Gasteiger partial charge in [-0.05, 0) is 31.0 Å². The van der Waals surface area contributed by atoms with Crippen LogP contribution in [0.15, 0.2) is 64.9 Å². The first kappa shape index (κ1) is 18.2. The van der Waals surface area contributed by atoms with Gasteiger partial charge in [-0.3, -0.25) is 0 Å². The van der Waals surface area contributed by atoms with Crippen LogP contribution >= 0.6 is 11.8 Å². The molecule has 0 aliphatic rings. The van der Waals surface area contributed by atoms with E-state index in [1.165, 1.54) is 5.56 Å². The fourth-order valence-corrected chi connectivity index (χ4v) is 3.22. The minimum absolute atomic E-state index is 0.689. The SMILES string of the molecule is CCCOc1ccccc1/C=N/n1c(C)nnc1SCc1ccccc1. The summed E-state index contributed by atoms with van der Waals surface area (Å²) in [6.45, 7) is 4.68. The van der Waals surface area contributed by atoms with E-state index in [4.69, 9.17) is 4.74 Å². The minimum atomic E-state index is 0.689. The van der Waals surface area contributed by atoms with E-state index in [0.717, 1.165) is 34.5 Å². The van der Waals surface area contributed by atoms with Crippen LogP contribution in [0.2, 0.25) is 0 Å². The molecular formula is C20H22N4OS. The van der Waals surface area contributed by atoms with E-state index in [2.05, 4.69) is 34.4 Å². The van der Waals surface area contributed by atoms with Gasteiger partial charge in [0.2, 0.25) is 5.16 Å². The molecule has 1 heterocycles.